The molecule has 0 aliphatic heterocycles. The van der Waals surface area contributed by atoms with E-state index in [4.69, 9.17) is 4.74 Å². The highest BCUT2D eigenvalue weighted by molar-refractivity contribution is 5.99. The Kier molecular flexibility index (Phi) is 3.66. The van der Waals surface area contributed by atoms with Crippen molar-refractivity contribution in [3.63, 3.8) is 0 Å². The number of hydrogen-bond donors (Lipinski definition) is 2. The molecule has 0 aromatic heterocycles. The Hall–Kier alpha value is -2.56. The van der Waals surface area contributed by atoms with Gasteiger partial charge in [-0.15, -0.1) is 0 Å². The zero-order valence-corrected chi connectivity index (χ0v) is 10.3. The molecule has 0 aliphatic rings. The first-order chi connectivity index (χ1) is 9.11. The van der Waals surface area contributed by atoms with E-state index in [-0.39, 0.29) is 17.9 Å². The number of ether oxygens (including phenoxy) is 1. The molecule has 0 fully saturated rings. The van der Waals surface area contributed by atoms with E-state index in [9.17, 15) is 14.7 Å². The van der Waals surface area contributed by atoms with Crippen molar-refractivity contribution >= 4 is 22.6 Å². The molecule has 2 N–H and O–H groups in total. The SMILES string of the molecule is CNC(=O)COC(=O)c1cc2ccccc2cc1O. The molecule has 1 amide bonds. The number of carbonyl (C=O) groups is 2. The van der Waals surface area contributed by atoms with Gasteiger partial charge < -0.3 is 15.2 Å². The summed E-state index contributed by atoms with van der Waals surface area (Å²) in [5.74, 6) is -1.30. The first-order valence-corrected chi connectivity index (χ1v) is 5.71. The van der Waals surface area contributed by atoms with Crippen molar-refractivity contribution in [2.24, 2.45) is 0 Å². The number of hydrogen-bond acceptors (Lipinski definition) is 4. The van der Waals surface area contributed by atoms with Crippen molar-refractivity contribution in [2.75, 3.05) is 13.7 Å². The van der Waals surface area contributed by atoms with Gasteiger partial charge in [0.05, 0.1) is 0 Å². The summed E-state index contributed by atoms with van der Waals surface area (Å²) >= 11 is 0. The number of phenolic OH excluding ortho intramolecular Hbond substituents is 1. The Morgan fingerprint density at radius 1 is 1.21 bits per heavy atom. The summed E-state index contributed by atoms with van der Waals surface area (Å²) in [6.07, 6.45) is 0. The summed E-state index contributed by atoms with van der Waals surface area (Å²) in [7, 11) is 1.45. The molecule has 0 atom stereocenters. The van der Waals surface area contributed by atoms with E-state index < -0.39 is 11.9 Å². The monoisotopic (exact) mass is 259 g/mol. The highest BCUT2D eigenvalue weighted by atomic mass is 16.5. The molecule has 0 bridgehead atoms. The average Bonchev–Trinajstić information content (AvgIpc) is 2.43. The minimum absolute atomic E-state index is 0.0441. The van der Waals surface area contributed by atoms with Gasteiger partial charge in [-0.25, -0.2) is 4.79 Å². The van der Waals surface area contributed by atoms with Crippen LogP contribution in [-0.2, 0) is 9.53 Å². The van der Waals surface area contributed by atoms with Gasteiger partial charge >= 0.3 is 5.97 Å². The van der Waals surface area contributed by atoms with Crippen LogP contribution in [0.1, 0.15) is 10.4 Å². The molecule has 2 rings (SSSR count). The first kappa shape index (κ1) is 12.9. The van der Waals surface area contributed by atoms with Crippen LogP contribution in [0.2, 0.25) is 0 Å². The molecule has 5 heteroatoms. The highest BCUT2D eigenvalue weighted by Gasteiger charge is 2.15. The van der Waals surface area contributed by atoms with Crippen molar-refractivity contribution in [2.45, 2.75) is 0 Å². The van der Waals surface area contributed by atoms with Gasteiger partial charge in [-0.05, 0) is 22.9 Å². The molecule has 0 unspecified atom stereocenters. The number of esters is 1. The Morgan fingerprint density at radius 3 is 2.47 bits per heavy atom. The van der Waals surface area contributed by atoms with E-state index in [0.717, 1.165) is 10.8 Å². The van der Waals surface area contributed by atoms with Gasteiger partial charge in [0, 0.05) is 7.05 Å². The summed E-state index contributed by atoms with van der Waals surface area (Å²) < 4.78 is 4.80. The largest absolute Gasteiger partial charge is 0.507 e. The van der Waals surface area contributed by atoms with Gasteiger partial charge in [-0.1, -0.05) is 24.3 Å². The molecule has 0 spiro atoms. The molecule has 0 radical (unpaired) electrons. The fourth-order valence-electron chi connectivity index (χ4n) is 1.67. The first-order valence-electron chi connectivity index (χ1n) is 5.71. The predicted molar refractivity (Wildman–Crippen MR) is 70.0 cm³/mol. The molecule has 0 aliphatic carbocycles. The molecule has 2 aromatic carbocycles. The van der Waals surface area contributed by atoms with Gasteiger partial charge in [0.2, 0.25) is 0 Å². The lowest BCUT2D eigenvalue weighted by Gasteiger charge is -2.07. The van der Waals surface area contributed by atoms with Crippen LogP contribution >= 0.6 is 0 Å². The Bertz CT molecular complexity index is 636. The Labute approximate surface area is 109 Å². The van der Waals surface area contributed by atoms with Crippen LogP contribution in [0.4, 0.5) is 0 Å². The molecular weight excluding hydrogens is 246 g/mol. The third-order valence-corrected chi connectivity index (χ3v) is 2.70. The van der Waals surface area contributed by atoms with E-state index in [1.165, 1.54) is 19.2 Å². The quantitative estimate of drug-likeness (QED) is 0.818. The van der Waals surface area contributed by atoms with Crippen LogP contribution in [0.3, 0.4) is 0 Å². The van der Waals surface area contributed by atoms with Crippen LogP contribution in [0.5, 0.6) is 5.75 Å². The third kappa shape index (κ3) is 2.82. The molecule has 0 heterocycles. The maximum absolute atomic E-state index is 11.8. The second-order valence-corrected chi connectivity index (χ2v) is 3.97. The van der Waals surface area contributed by atoms with E-state index in [1.807, 2.05) is 24.3 Å². The van der Waals surface area contributed by atoms with Crippen LogP contribution < -0.4 is 5.32 Å². The van der Waals surface area contributed by atoms with Crippen LogP contribution in [0.25, 0.3) is 10.8 Å². The number of phenols is 1. The number of nitrogens with one attached hydrogen (secondary N) is 1. The van der Waals surface area contributed by atoms with E-state index in [2.05, 4.69) is 5.32 Å². The lowest BCUT2D eigenvalue weighted by molar-refractivity contribution is -0.123. The fraction of sp³-hybridized carbons (Fsp3) is 0.143. The summed E-state index contributed by atoms with van der Waals surface area (Å²) in [6.45, 7) is -0.373. The van der Waals surface area contributed by atoms with Crippen LogP contribution in [-0.4, -0.2) is 30.6 Å². The number of aromatic hydroxyl groups is 1. The molecule has 98 valence electrons. The molecule has 0 saturated heterocycles. The van der Waals surface area contributed by atoms with Crippen LogP contribution in [0.15, 0.2) is 36.4 Å². The predicted octanol–water partition coefficient (Wildman–Crippen LogP) is 1.45. The number of benzene rings is 2. The van der Waals surface area contributed by atoms with E-state index in [0.29, 0.717) is 0 Å². The number of amides is 1. The minimum atomic E-state index is -0.730. The average molecular weight is 259 g/mol. The van der Waals surface area contributed by atoms with Crippen molar-refractivity contribution in [3.8, 4) is 5.75 Å². The highest BCUT2D eigenvalue weighted by Crippen LogP contribution is 2.25. The van der Waals surface area contributed by atoms with Crippen molar-refractivity contribution in [1.29, 1.82) is 0 Å². The summed E-state index contributed by atoms with van der Waals surface area (Å²) in [6, 6.07) is 10.4. The summed E-state index contributed by atoms with van der Waals surface area (Å²) in [5.41, 5.74) is 0.0441. The summed E-state index contributed by atoms with van der Waals surface area (Å²) in [5, 5.41) is 13.8. The molecule has 2 aromatic rings. The number of carbonyl (C=O) groups excluding carboxylic acids is 2. The van der Waals surface area contributed by atoms with Gasteiger partial charge in [0.15, 0.2) is 6.61 Å². The number of rotatable bonds is 3. The third-order valence-electron chi connectivity index (χ3n) is 2.70. The number of fused-ring (bicyclic) bond motifs is 1. The zero-order chi connectivity index (χ0) is 13.8. The minimum Gasteiger partial charge on any atom is -0.507 e. The van der Waals surface area contributed by atoms with Gasteiger partial charge in [0.1, 0.15) is 11.3 Å². The van der Waals surface area contributed by atoms with Gasteiger partial charge in [0.25, 0.3) is 5.91 Å². The molecule has 0 saturated carbocycles. The van der Waals surface area contributed by atoms with Crippen molar-refractivity contribution < 1.29 is 19.4 Å². The molecule has 19 heavy (non-hydrogen) atoms. The van der Waals surface area contributed by atoms with Crippen LogP contribution in [0, 0.1) is 0 Å². The van der Waals surface area contributed by atoms with E-state index in [1.54, 1.807) is 0 Å². The van der Waals surface area contributed by atoms with Crippen molar-refractivity contribution in [1.82, 2.24) is 5.32 Å². The van der Waals surface area contributed by atoms with E-state index >= 15 is 0 Å². The lowest BCUT2D eigenvalue weighted by Crippen LogP contribution is -2.25. The lowest BCUT2D eigenvalue weighted by atomic mass is 10.1. The smallest absolute Gasteiger partial charge is 0.342 e. The Morgan fingerprint density at radius 2 is 1.84 bits per heavy atom. The molecule has 5 nitrogen and oxygen atoms in total. The van der Waals surface area contributed by atoms with Gasteiger partial charge in [-0.2, -0.15) is 0 Å². The fourth-order valence-corrected chi connectivity index (χ4v) is 1.67. The normalized spacial score (nSPS) is 10.2. The maximum atomic E-state index is 11.8. The number of likely N-dealkylation sites (N-methyl/N-ethyl adjacent to an activating group) is 1. The molecular formula is C14H13NO4. The second kappa shape index (κ2) is 5.39. The standard InChI is InChI=1S/C14H13NO4/c1-15-13(17)8-19-14(18)11-6-9-4-2-3-5-10(9)7-12(11)16/h2-7,16H,8H2,1H3,(H,15,17). The topological polar surface area (TPSA) is 75.6 Å². The Balaban J connectivity index is 2.26. The zero-order valence-electron chi connectivity index (χ0n) is 10.3. The summed E-state index contributed by atoms with van der Waals surface area (Å²) in [4.78, 5) is 22.8. The van der Waals surface area contributed by atoms with Crippen molar-refractivity contribution in [3.05, 3.63) is 42.0 Å². The maximum Gasteiger partial charge on any atom is 0.342 e. The second-order valence-electron chi connectivity index (χ2n) is 3.97. The van der Waals surface area contributed by atoms with Gasteiger partial charge in [-0.3, -0.25) is 4.79 Å².